The van der Waals surface area contributed by atoms with Gasteiger partial charge < -0.3 is 5.11 Å². The predicted octanol–water partition coefficient (Wildman–Crippen LogP) is 1.73. The first kappa shape index (κ1) is 6.81. The fourth-order valence-corrected chi connectivity index (χ4v) is 1.39. The van der Waals surface area contributed by atoms with Gasteiger partial charge in [-0.15, -0.1) is 0 Å². The van der Waals surface area contributed by atoms with Crippen LogP contribution in [0, 0.1) is 5.92 Å². The van der Waals surface area contributed by atoms with E-state index in [0.29, 0.717) is 6.61 Å². The second-order valence-corrected chi connectivity index (χ2v) is 2.87. The van der Waals surface area contributed by atoms with E-state index in [0.717, 1.165) is 12.3 Å². The Morgan fingerprint density at radius 3 is 3.00 bits per heavy atom. The molecule has 1 heteroatoms. The number of rotatable bonds is 2. The van der Waals surface area contributed by atoms with E-state index < -0.39 is 0 Å². The molecule has 1 unspecified atom stereocenters. The van der Waals surface area contributed by atoms with Crippen molar-refractivity contribution in [1.29, 1.82) is 0 Å². The van der Waals surface area contributed by atoms with Gasteiger partial charge in [0, 0.05) is 6.61 Å². The summed E-state index contributed by atoms with van der Waals surface area (Å²) in [5.74, 6) is 0.745. The molecule has 0 aromatic rings. The topological polar surface area (TPSA) is 20.2 Å². The molecule has 0 aromatic carbocycles. The smallest absolute Gasteiger partial charge is 0.0433 e. The molecule has 1 N–H and O–H groups in total. The molecule has 1 atom stereocenters. The zero-order chi connectivity index (χ0) is 6.69. The van der Waals surface area contributed by atoms with Crippen LogP contribution in [0.3, 0.4) is 0 Å². The highest BCUT2D eigenvalue weighted by Gasteiger charge is 2.12. The standard InChI is InChI=1S/C8H14O/c1-7-2-3-8(6-7)4-5-9/h2,8-9H,3-6H2,1H3. The van der Waals surface area contributed by atoms with Gasteiger partial charge in [-0.2, -0.15) is 0 Å². The van der Waals surface area contributed by atoms with Gasteiger partial charge in [0.2, 0.25) is 0 Å². The Morgan fingerprint density at radius 1 is 1.78 bits per heavy atom. The van der Waals surface area contributed by atoms with Crippen LogP contribution in [0.1, 0.15) is 26.2 Å². The van der Waals surface area contributed by atoms with E-state index in [2.05, 4.69) is 13.0 Å². The van der Waals surface area contributed by atoms with Crippen LogP contribution < -0.4 is 0 Å². The number of allylic oxidation sites excluding steroid dienone is 2. The van der Waals surface area contributed by atoms with Gasteiger partial charge in [-0.3, -0.25) is 0 Å². The third-order valence-corrected chi connectivity index (χ3v) is 1.95. The maximum Gasteiger partial charge on any atom is 0.0433 e. The Balaban J connectivity index is 2.21. The average molecular weight is 126 g/mol. The molecule has 1 rings (SSSR count). The summed E-state index contributed by atoms with van der Waals surface area (Å²) in [6, 6.07) is 0. The van der Waals surface area contributed by atoms with E-state index in [4.69, 9.17) is 5.11 Å². The van der Waals surface area contributed by atoms with E-state index in [1.165, 1.54) is 18.4 Å². The first-order valence-electron chi connectivity index (χ1n) is 3.59. The summed E-state index contributed by atoms with van der Waals surface area (Å²) < 4.78 is 0. The Morgan fingerprint density at radius 2 is 2.56 bits per heavy atom. The zero-order valence-corrected chi connectivity index (χ0v) is 5.93. The van der Waals surface area contributed by atoms with Crippen molar-refractivity contribution in [2.75, 3.05) is 6.61 Å². The fourth-order valence-electron chi connectivity index (χ4n) is 1.39. The van der Waals surface area contributed by atoms with E-state index >= 15 is 0 Å². The molecular weight excluding hydrogens is 112 g/mol. The molecule has 0 radical (unpaired) electrons. The Hall–Kier alpha value is -0.300. The van der Waals surface area contributed by atoms with Gasteiger partial charge in [-0.05, 0) is 32.1 Å². The third-order valence-electron chi connectivity index (χ3n) is 1.95. The van der Waals surface area contributed by atoms with Gasteiger partial charge in [-0.1, -0.05) is 11.6 Å². The second kappa shape index (κ2) is 3.02. The molecule has 9 heavy (non-hydrogen) atoms. The summed E-state index contributed by atoms with van der Waals surface area (Å²) in [6.45, 7) is 2.52. The summed E-state index contributed by atoms with van der Waals surface area (Å²) in [5, 5.41) is 8.59. The van der Waals surface area contributed by atoms with Crippen LogP contribution in [0.5, 0.6) is 0 Å². The number of aliphatic hydroxyl groups is 1. The molecule has 0 saturated carbocycles. The van der Waals surface area contributed by atoms with Crippen molar-refractivity contribution in [3.8, 4) is 0 Å². The zero-order valence-electron chi connectivity index (χ0n) is 5.93. The molecule has 0 spiro atoms. The van der Waals surface area contributed by atoms with Gasteiger partial charge in [0.05, 0.1) is 0 Å². The number of hydrogen-bond acceptors (Lipinski definition) is 1. The summed E-state index contributed by atoms with van der Waals surface area (Å²) >= 11 is 0. The van der Waals surface area contributed by atoms with E-state index in [-0.39, 0.29) is 0 Å². The van der Waals surface area contributed by atoms with Gasteiger partial charge in [0.1, 0.15) is 0 Å². The minimum atomic E-state index is 0.353. The summed E-state index contributed by atoms with van der Waals surface area (Å²) in [6.07, 6.45) is 5.65. The van der Waals surface area contributed by atoms with Gasteiger partial charge in [0.15, 0.2) is 0 Å². The maximum atomic E-state index is 8.59. The molecule has 0 fully saturated rings. The summed E-state index contributed by atoms with van der Waals surface area (Å²) in [4.78, 5) is 0. The van der Waals surface area contributed by atoms with E-state index in [9.17, 15) is 0 Å². The Bertz CT molecular complexity index is 116. The molecule has 1 nitrogen and oxygen atoms in total. The van der Waals surface area contributed by atoms with Crippen molar-refractivity contribution in [1.82, 2.24) is 0 Å². The SMILES string of the molecule is CC1=CCC(CCO)C1. The van der Waals surface area contributed by atoms with Crippen LogP contribution >= 0.6 is 0 Å². The molecule has 52 valence electrons. The van der Waals surface area contributed by atoms with Crippen LogP contribution in [0.2, 0.25) is 0 Å². The highest BCUT2D eigenvalue weighted by molar-refractivity contribution is 5.06. The van der Waals surface area contributed by atoms with Crippen molar-refractivity contribution >= 4 is 0 Å². The minimum Gasteiger partial charge on any atom is -0.396 e. The van der Waals surface area contributed by atoms with Crippen molar-refractivity contribution in [2.24, 2.45) is 5.92 Å². The molecule has 0 bridgehead atoms. The summed E-state index contributed by atoms with van der Waals surface area (Å²) in [7, 11) is 0. The maximum absolute atomic E-state index is 8.59. The molecule has 1 aliphatic carbocycles. The second-order valence-electron chi connectivity index (χ2n) is 2.87. The normalized spacial score (nSPS) is 26.4. The minimum absolute atomic E-state index is 0.353. The van der Waals surface area contributed by atoms with Gasteiger partial charge >= 0.3 is 0 Å². The largest absolute Gasteiger partial charge is 0.396 e. The Labute approximate surface area is 56.4 Å². The van der Waals surface area contributed by atoms with Crippen LogP contribution in [0.15, 0.2) is 11.6 Å². The fraction of sp³-hybridized carbons (Fsp3) is 0.750. The Kier molecular flexibility index (Phi) is 2.29. The quantitative estimate of drug-likeness (QED) is 0.558. The molecule has 1 aliphatic rings. The summed E-state index contributed by atoms with van der Waals surface area (Å²) in [5.41, 5.74) is 1.49. The first-order chi connectivity index (χ1) is 4.33. The van der Waals surface area contributed by atoms with Crippen LogP contribution in [0.25, 0.3) is 0 Å². The molecular formula is C8H14O. The van der Waals surface area contributed by atoms with Crippen LogP contribution in [0.4, 0.5) is 0 Å². The van der Waals surface area contributed by atoms with E-state index in [1.54, 1.807) is 0 Å². The van der Waals surface area contributed by atoms with Crippen molar-refractivity contribution in [2.45, 2.75) is 26.2 Å². The van der Waals surface area contributed by atoms with Crippen LogP contribution in [-0.4, -0.2) is 11.7 Å². The lowest BCUT2D eigenvalue weighted by atomic mass is 10.0. The molecule has 0 aliphatic heterocycles. The molecule has 0 heterocycles. The lowest BCUT2D eigenvalue weighted by Gasteiger charge is -2.04. The monoisotopic (exact) mass is 126 g/mol. The van der Waals surface area contributed by atoms with Crippen molar-refractivity contribution in [3.63, 3.8) is 0 Å². The van der Waals surface area contributed by atoms with Gasteiger partial charge in [-0.25, -0.2) is 0 Å². The highest BCUT2D eigenvalue weighted by atomic mass is 16.3. The lowest BCUT2D eigenvalue weighted by Crippen LogP contribution is -1.97. The average Bonchev–Trinajstić information content (AvgIpc) is 2.17. The molecule has 0 amide bonds. The predicted molar refractivity (Wildman–Crippen MR) is 38.2 cm³/mol. The first-order valence-corrected chi connectivity index (χ1v) is 3.59. The molecule has 0 aromatic heterocycles. The van der Waals surface area contributed by atoms with Crippen molar-refractivity contribution in [3.05, 3.63) is 11.6 Å². The number of hydrogen-bond donors (Lipinski definition) is 1. The lowest BCUT2D eigenvalue weighted by molar-refractivity contribution is 0.260. The van der Waals surface area contributed by atoms with Crippen molar-refractivity contribution < 1.29 is 5.11 Å². The number of aliphatic hydroxyl groups excluding tert-OH is 1. The third kappa shape index (κ3) is 1.83. The molecule has 0 saturated heterocycles. The van der Waals surface area contributed by atoms with Gasteiger partial charge in [0.25, 0.3) is 0 Å². The highest BCUT2D eigenvalue weighted by Crippen LogP contribution is 2.26. The van der Waals surface area contributed by atoms with E-state index in [1.807, 2.05) is 0 Å². The van der Waals surface area contributed by atoms with Crippen LogP contribution in [-0.2, 0) is 0 Å².